The van der Waals surface area contributed by atoms with Crippen molar-refractivity contribution < 1.29 is 24.2 Å². The number of likely N-dealkylation sites (tertiary alicyclic amines) is 1. The molecule has 2 aromatic carbocycles. The van der Waals surface area contributed by atoms with Crippen molar-refractivity contribution >= 4 is 18.0 Å². The first-order valence-corrected chi connectivity index (χ1v) is 12.1. The molecule has 7 heteroatoms. The number of amides is 2. The number of carboxylic acid groups (broad SMARTS) is 1. The fourth-order valence-corrected chi connectivity index (χ4v) is 5.64. The molecule has 0 spiro atoms. The van der Waals surface area contributed by atoms with Gasteiger partial charge in [0.05, 0.1) is 5.92 Å². The van der Waals surface area contributed by atoms with Crippen molar-refractivity contribution in [2.45, 2.75) is 38.1 Å². The predicted octanol–water partition coefficient (Wildman–Crippen LogP) is 3.87. The molecule has 2 fully saturated rings. The van der Waals surface area contributed by atoms with Crippen LogP contribution in [0.4, 0.5) is 4.79 Å². The molecule has 1 heterocycles. The average Bonchev–Trinajstić information content (AvgIpc) is 3.56. The lowest BCUT2D eigenvalue weighted by atomic mass is 9.90. The van der Waals surface area contributed by atoms with Gasteiger partial charge in [-0.05, 0) is 54.4 Å². The molecule has 2 amide bonds. The molecule has 0 radical (unpaired) electrons. The summed E-state index contributed by atoms with van der Waals surface area (Å²) in [4.78, 5) is 38.5. The normalized spacial score (nSPS) is 25.3. The largest absolute Gasteiger partial charge is 0.481 e. The Morgan fingerprint density at radius 3 is 2.32 bits per heavy atom. The number of nitrogens with one attached hydrogen (secondary N) is 1. The van der Waals surface area contributed by atoms with Crippen LogP contribution in [0.25, 0.3) is 11.1 Å². The summed E-state index contributed by atoms with van der Waals surface area (Å²) in [6.45, 7) is 3.07. The van der Waals surface area contributed by atoms with Crippen LogP contribution >= 0.6 is 0 Å². The minimum atomic E-state index is -0.839. The van der Waals surface area contributed by atoms with Crippen molar-refractivity contribution in [2.24, 2.45) is 17.8 Å². The quantitative estimate of drug-likeness (QED) is 0.679. The molecule has 0 aromatic heterocycles. The average molecular weight is 463 g/mol. The maximum absolute atomic E-state index is 12.9. The predicted molar refractivity (Wildman–Crippen MR) is 126 cm³/mol. The summed E-state index contributed by atoms with van der Waals surface area (Å²) in [5.41, 5.74) is 4.70. The number of rotatable bonds is 6. The first kappa shape index (κ1) is 22.4. The second-order valence-corrected chi connectivity index (χ2v) is 9.67. The summed E-state index contributed by atoms with van der Waals surface area (Å²) < 4.78 is 5.58. The summed E-state index contributed by atoms with van der Waals surface area (Å²) in [5, 5.41) is 12.2. The Hall–Kier alpha value is -3.35. The standard InChI is InChI=1S/C27H30N2O5/c1-16-18(26(31)32)11-6-12-29(16)25(30)23-13-17(23)14-28-27(33)34-15-24-21-9-4-2-7-19(21)20-8-3-5-10-22(20)24/h2-5,7-10,16-18,23-24H,6,11-15H2,1H3,(H,28,33)(H,31,32)/t16-,17?,18-,23?/m0/s1. The van der Waals surface area contributed by atoms with Gasteiger partial charge in [-0.3, -0.25) is 9.59 Å². The Bertz CT molecular complexity index is 1070. The van der Waals surface area contributed by atoms with E-state index in [-0.39, 0.29) is 36.3 Å². The van der Waals surface area contributed by atoms with Crippen LogP contribution in [0.2, 0.25) is 0 Å². The van der Waals surface area contributed by atoms with Crippen molar-refractivity contribution in [3.8, 4) is 11.1 Å². The van der Waals surface area contributed by atoms with Crippen molar-refractivity contribution in [1.29, 1.82) is 0 Å². The minimum absolute atomic E-state index is 0.0103. The number of carboxylic acids is 1. The smallest absolute Gasteiger partial charge is 0.407 e. The molecule has 5 rings (SSSR count). The van der Waals surface area contributed by atoms with Gasteiger partial charge < -0.3 is 20.1 Å². The fourth-order valence-electron chi connectivity index (χ4n) is 5.64. The molecule has 2 unspecified atom stereocenters. The lowest BCUT2D eigenvalue weighted by molar-refractivity contribution is -0.149. The van der Waals surface area contributed by atoms with E-state index in [4.69, 9.17) is 4.74 Å². The molecule has 2 N–H and O–H groups in total. The van der Waals surface area contributed by atoms with Gasteiger partial charge in [0.1, 0.15) is 6.61 Å². The molecule has 34 heavy (non-hydrogen) atoms. The number of nitrogens with zero attached hydrogens (tertiary/aromatic N) is 1. The van der Waals surface area contributed by atoms with Gasteiger partial charge in [0.25, 0.3) is 0 Å². The van der Waals surface area contributed by atoms with E-state index in [1.165, 1.54) is 22.3 Å². The van der Waals surface area contributed by atoms with E-state index in [2.05, 4.69) is 29.6 Å². The van der Waals surface area contributed by atoms with Crippen molar-refractivity contribution in [3.05, 3.63) is 59.7 Å². The van der Waals surface area contributed by atoms with Gasteiger partial charge in [-0.2, -0.15) is 0 Å². The number of benzene rings is 2. The van der Waals surface area contributed by atoms with E-state index in [0.717, 1.165) is 0 Å². The van der Waals surface area contributed by atoms with Crippen LogP contribution in [0.3, 0.4) is 0 Å². The van der Waals surface area contributed by atoms with Gasteiger partial charge in [-0.15, -0.1) is 0 Å². The lowest BCUT2D eigenvalue weighted by Gasteiger charge is -2.37. The van der Waals surface area contributed by atoms with E-state index in [0.29, 0.717) is 32.4 Å². The molecule has 3 aliphatic rings. The monoisotopic (exact) mass is 462 g/mol. The first-order valence-electron chi connectivity index (χ1n) is 12.1. The highest BCUT2D eigenvalue weighted by molar-refractivity contribution is 5.83. The van der Waals surface area contributed by atoms with Crippen LogP contribution in [-0.2, 0) is 14.3 Å². The van der Waals surface area contributed by atoms with E-state index in [1.54, 1.807) is 4.90 Å². The van der Waals surface area contributed by atoms with Crippen LogP contribution in [0.1, 0.15) is 43.2 Å². The maximum atomic E-state index is 12.9. The third-order valence-corrected chi connectivity index (χ3v) is 7.68. The number of alkyl carbamates (subject to hydrolysis) is 1. The van der Waals surface area contributed by atoms with Crippen LogP contribution in [0, 0.1) is 17.8 Å². The van der Waals surface area contributed by atoms with Gasteiger partial charge in [0.15, 0.2) is 0 Å². The lowest BCUT2D eigenvalue weighted by Crippen LogP contribution is -2.50. The summed E-state index contributed by atoms with van der Waals surface area (Å²) in [5.74, 6) is -1.40. The first-order chi connectivity index (χ1) is 16.5. The summed E-state index contributed by atoms with van der Waals surface area (Å²) in [7, 11) is 0. The van der Waals surface area contributed by atoms with E-state index >= 15 is 0 Å². The molecule has 178 valence electrons. The molecule has 2 aliphatic carbocycles. The van der Waals surface area contributed by atoms with E-state index in [9.17, 15) is 19.5 Å². The second-order valence-electron chi connectivity index (χ2n) is 9.67. The second kappa shape index (κ2) is 9.12. The Labute approximate surface area is 199 Å². The molecule has 7 nitrogen and oxygen atoms in total. The maximum Gasteiger partial charge on any atom is 0.407 e. The summed E-state index contributed by atoms with van der Waals surface area (Å²) >= 11 is 0. The number of hydrogen-bond acceptors (Lipinski definition) is 4. The van der Waals surface area contributed by atoms with Crippen LogP contribution in [0.15, 0.2) is 48.5 Å². The zero-order valence-corrected chi connectivity index (χ0v) is 19.3. The Balaban J connectivity index is 1.12. The number of aliphatic carboxylic acids is 1. The number of hydrogen-bond donors (Lipinski definition) is 2. The number of piperidine rings is 1. The number of ether oxygens (including phenoxy) is 1. The summed E-state index contributed by atoms with van der Waals surface area (Å²) in [6.07, 6.45) is 1.56. The Morgan fingerprint density at radius 2 is 1.68 bits per heavy atom. The van der Waals surface area contributed by atoms with Gasteiger partial charge >= 0.3 is 12.1 Å². The zero-order valence-electron chi connectivity index (χ0n) is 19.3. The van der Waals surface area contributed by atoms with Crippen molar-refractivity contribution in [3.63, 3.8) is 0 Å². The highest BCUT2D eigenvalue weighted by Crippen LogP contribution is 2.44. The number of fused-ring (bicyclic) bond motifs is 3. The van der Waals surface area contributed by atoms with Crippen LogP contribution < -0.4 is 5.32 Å². The van der Waals surface area contributed by atoms with Gasteiger partial charge in [-0.1, -0.05) is 48.5 Å². The van der Waals surface area contributed by atoms with Crippen molar-refractivity contribution in [1.82, 2.24) is 10.2 Å². The molecule has 2 aromatic rings. The topological polar surface area (TPSA) is 95.9 Å². The number of carbonyl (C=O) groups excluding carboxylic acids is 2. The summed E-state index contributed by atoms with van der Waals surface area (Å²) in [6, 6.07) is 16.1. The third kappa shape index (κ3) is 4.15. The molecule has 0 bridgehead atoms. The minimum Gasteiger partial charge on any atom is -0.481 e. The molecular formula is C27H30N2O5. The molecular weight excluding hydrogens is 432 g/mol. The van der Waals surface area contributed by atoms with E-state index in [1.807, 2.05) is 31.2 Å². The van der Waals surface area contributed by atoms with Gasteiger partial charge in [0, 0.05) is 31.0 Å². The Kier molecular flexibility index (Phi) is 6.02. The van der Waals surface area contributed by atoms with Crippen LogP contribution in [-0.4, -0.2) is 53.7 Å². The highest BCUT2D eigenvalue weighted by Gasteiger charge is 2.47. The van der Waals surface area contributed by atoms with E-state index < -0.39 is 18.0 Å². The van der Waals surface area contributed by atoms with Gasteiger partial charge in [0.2, 0.25) is 5.91 Å². The van der Waals surface area contributed by atoms with Crippen LogP contribution in [0.5, 0.6) is 0 Å². The third-order valence-electron chi connectivity index (χ3n) is 7.68. The van der Waals surface area contributed by atoms with Crippen molar-refractivity contribution in [2.75, 3.05) is 19.7 Å². The SMILES string of the molecule is C[C@H]1[C@@H](C(=O)O)CCCN1C(=O)C1CC1CNC(=O)OCC1c2ccccc2-c2ccccc21. The molecule has 1 aliphatic heterocycles. The highest BCUT2D eigenvalue weighted by atomic mass is 16.5. The molecule has 4 atom stereocenters. The Morgan fingerprint density at radius 1 is 1.03 bits per heavy atom. The molecule has 1 saturated carbocycles. The fraction of sp³-hybridized carbons (Fsp3) is 0.444. The number of carbonyl (C=O) groups is 3. The molecule has 1 saturated heterocycles. The zero-order chi connectivity index (χ0) is 23.8. The van der Waals surface area contributed by atoms with Gasteiger partial charge in [-0.25, -0.2) is 4.79 Å².